The molecule has 2 atom stereocenters. The van der Waals surface area contributed by atoms with Gasteiger partial charge in [0.15, 0.2) is 0 Å². The number of nitrogens with zero attached hydrogens (tertiary/aromatic N) is 1. The summed E-state index contributed by atoms with van der Waals surface area (Å²) in [6, 6.07) is 5.27. The minimum absolute atomic E-state index is 0.0816. The van der Waals surface area contributed by atoms with Crippen molar-refractivity contribution in [3.8, 4) is 0 Å². The van der Waals surface area contributed by atoms with E-state index >= 15 is 0 Å². The summed E-state index contributed by atoms with van der Waals surface area (Å²) in [5.74, 6) is 0.0765. The van der Waals surface area contributed by atoms with Gasteiger partial charge in [0.2, 0.25) is 11.8 Å². The molecule has 0 spiro atoms. The van der Waals surface area contributed by atoms with Crippen molar-refractivity contribution < 1.29 is 19.1 Å². The van der Waals surface area contributed by atoms with Crippen molar-refractivity contribution in [1.82, 2.24) is 10.3 Å². The molecule has 7 nitrogen and oxygen atoms in total. The number of pyridine rings is 1. The van der Waals surface area contributed by atoms with Crippen molar-refractivity contribution in [1.29, 1.82) is 0 Å². The molecule has 2 amide bonds. The van der Waals surface area contributed by atoms with E-state index in [9.17, 15) is 9.59 Å². The lowest BCUT2D eigenvalue weighted by Crippen LogP contribution is -2.38. The number of aromatic nitrogens is 1. The van der Waals surface area contributed by atoms with Crippen LogP contribution in [0.15, 0.2) is 24.4 Å². The summed E-state index contributed by atoms with van der Waals surface area (Å²) in [6.45, 7) is 3.14. The van der Waals surface area contributed by atoms with E-state index in [2.05, 4.69) is 15.6 Å². The van der Waals surface area contributed by atoms with Crippen LogP contribution in [-0.2, 0) is 19.1 Å². The summed E-state index contributed by atoms with van der Waals surface area (Å²) in [7, 11) is 0. The number of ether oxygens (including phenoxy) is 2. The van der Waals surface area contributed by atoms with Gasteiger partial charge < -0.3 is 20.1 Å². The molecule has 2 heterocycles. The largest absolute Gasteiger partial charge is 0.376 e. The third-order valence-electron chi connectivity index (χ3n) is 3.76. The molecule has 1 fully saturated rings. The van der Waals surface area contributed by atoms with Gasteiger partial charge in [0, 0.05) is 25.8 Å². The second-order valence-electron chi connectivity index (χ2n) is 5.77. The molecule has 2 rings (SSSR count). The molecule has 0 aromatic carbocycles. The normalized spacial score (nSPS) is 18.6. The van der Waals surface area contributed by atoms with Gasteiger partial charge in [-0.05, 0) is 38.3 Å². The van der Waals surface area contributed by atoms with Gasteiger partial charge in [-0.2, -0.15) is 0 Å². The fourth-order valence-electron chi connectivity index (χ4n) is 2.35. The predicted octanol–water partition coefficient (Wildman–Crippen LogP) is 1.50. The molecule has 0 aliphatic carbocycles. The predicted molar refractivity (Wildman–Crippen MR) is 89.5 cm³/mol. The summed E-state index contributed by atoms with van der Waals surface area (Å²) >= 11 is 0. The first-order valence-electron chi connectivity index (χ1n) is 8.37. The minimum Gasteiger partial charge on any atom is -0.376 e. The zero-order valence-electron chi connectivity index (χ0n) is 14.0. The van der Waals surface area contributed by atoms with Crippen LogP contribution in [-0.4, -0.2) is 48.8 Å². The van der Waals surface area contributed by atoms with E-state index in [-0.39, 0.29) is 30.9 Å². The molecule has 0 radical (unpaired) electrons. The highest BCUT2D eigenvalue weighted by atomic mass is 16.5. The van der Waals surface area contributed by atoms with Crippen LogP contribution >= 0.6 is 0 Å². The van der Waals surface area contributed by atoms with Crippen LogP contribution < -0.4 is 10.6 Å². The van der Waals surface area contributed by atoms with Crippen LogP contribution in [0.25, 0.3) is 0 Å². The Morgan fingerprint density at radius 1 is 1.42 bits per heavy atom. The maximum Gasteiger partial charge on any atom is 0.248 e. The summed E-state index contributed by atoms with van der Waals surface area (Å²) in [6.07, 6.45) is 4.51. The number of rotatable bonds is 8. The second kappa shape index (κ2) is 10.00. The van der Waals surface area contributed by atoms with Crippen molar-refractivity contribution in [2.45, 2.75) is 44.8 Å². The third kappa shape index (κ3) is 6.64. The average Bonchev–Trinajstić information content (AvgIpc) is 2.61. The van der Waals surface area contributed by atoms with E-state index in [0.717, 1.165) is 25.9 Å². The minimum atomic E-state index is -0.561. The van der Waals surface area contributed by atoms with Crippen LogP contribution in [0.2, 0.25) is 0 Å². The lowest BCUT2D eigenvalue weighted by molar-refractivity contribution is -0.135. The first-order chi connectivity index (χ1) is 11.6. The molecule has 1 aliphatic heterocycles. The summed E-state index contributed by atoms with van der Waals surface area (Å²) in [5.41, 5.74) is 0. The quantitative estimate of drug-likeness (QED) is 0.751. The number of carbonyl (C=O) groups is 2. The molecule has 1 aliphatic rings. The SMILES string of the molecule is C[C@H](OC[C@H]1CCCCO1)C(=O)NCCC(=O)Nc1ccccn1. The smallest absolute Gasteiger partial charge is 0.248 e. The Hall–Kier alpha value is -1.99. The van der Waals surface area contributed by atoms with Gasteiger partial charge >= 0.3 is 0 Å². The summed E-state index contributed by atoms with van der Waals surface area (Å²) < 4.78 is 11.1. The van der Waals surface area contributed by atoms with Crippen molar-refractivity contribution in [3.05, 3.63) is 24.4 Å². The molecule has 2 N–H and O–H groups in total. The van der Waals surface area contributed by atoms with E-state index in [0.29, 0.717) is 12.4 Å². The molecular formula is C17H25N3O4. The number of carbonyl (C=O) groups excluding carboxylic acids is 2. The Balaban J connectivity index is 1.58. The van der Waals surface area contributed by atoms with Gasteiger partial charge in [-0.1, -0.05) is 6.07 Å². The van der Waals surface area contributed by atoms with Crippen molar-refractivity contribution >= 4 is 17.6 Å². The first kappa shape index (κ1) is 18.4. The lowest BCUT2D eigenvalue weighted by Gasteiger charge is -2.23. The van der Waals surface area contributed by atoms with Crippen LogP contribution in [0.5, 0.6) is 0 Å². The number of amides is 2. The van der Waals surface area contributed by atoms with E-state index in [4.69, 9.17) is 9.47 Å². The van der Waals surface area contributed by atoms with Crippen LogP contribution in [0, 0.1) is 0 Å². The molecule has 0 saturated carbocycles. The molecular weight excluding hydrogens is 310 g/mol. The zero-order valence-corrected chi connectivity index (χ0v) is 14.0. The molecule has 1 aromatic heterocycles. The maximum absolute atomic E-state index is 11.9. The van der Waals surface area contributed by atoms with Gasteiger partial charge in [0.25, 0.3) is 0 Å². The average molecular weight is 335 g/mol. The van der Waals surface area contributed by atoms with Crippen LogP contribution in [0.3, 0.4) is 0 Å². The number of anilines is 1. The monoisotopic (exact) mass is 335 g/mol. The molecule has 132 valence electrons. The number of hydrogen-bond acceptors (Lipinski definition) is 5. The molecule has 0 bridgehead atoms. The maximum atomic E-state index is 11.9. The first-order valence-corrected chi connectivity index (χ1v) is 8.37. The summed E-state index contributed by atoms with van der Waals surface area (Å²) in [5, 5.41) is 5.36. The van der Waals surface area contributed by atoms with E-state index in [1.807, 2.05) is 0 Å². The fourth-order valence-corrected chi connectivity index (χ4v) is 2.35. The third-order valence-corrected chi connectivity index (χ3v) is 3.76. The highest BCUT2D eigenvalue weighted by molar-refractivity contribution is 5.90. The fraction of sp³-hybridized carbons (Fsp3) is 0.588. The number of hydrogen-bond donors (Lipinski definition) is 2. The van der Waals surface area contributed by atoms with Crippen LogP contribution in [0.1, 0.15) is 32.6 Å². The Kier molecular flexibility index (Phi) is 7.64. The molecule has 24 heavy (non-hydrogen) atoms. The van der Waals surface area contributed by atoms with Crippen molar-refractivity contribution in [2.24, 2.45) is 0 Å². The highest BCUT2D eigenvalue weighted by Gasteiger charge is 2.18. The summed E-state index contributed by atoms with van der Waals surface area (Å²) in [4.78, 5) is 27.7. The molecule has 7 heteroatoms. The highest BCUT2D eigenvalue weighted by Crippen LogP contribution is 2.13. The Morgan fingerprint density at radius 3 is 3.00 bits per heavy atom. The molecule has 0 unspecified atom stereocenters. The van der Waals surface area contributed by atoms with Gasteiger partial charge in [-0.15, -0.1) is 0 Å². The van der Waals surface area contributed by atoms with Gasteiger partial charge in [0.1, 0.15) is 11.9 Å². The zero-order chi connectivity index (χ0) is 17.2. The molecule has 1 saturated heterocycles. The Morgan fingerprint density at radius 2 is 2.29 bits per heavy atom. The second-order valence-corrected chi connectivity index (χ2v) is 5.77. The van der Waals surface area contributed by atoms with E-state index in [1.54, 1.807) is 31.3 Å². The number of nitrogens with one attached hydrogen (secondary N) is 2. The van der Waals surface area contributed by atoms with Gasteiger partial charge in [-0.25, -0.2) is 4.98 Å². The standard InChI is InChI=1S/C17H25N3O4/c1-13(24-12-14-6-3-5-11-23-14)17(22)19-10-8-16(21)20-15-7-2-4-9-18-15/h2,4,7,9,13-14H,3,5-6,8,10-12H2,1H3,(H,19,22)(H,18,20,21)/t13-,14+/m0/s1. The molecule has 1 aromatic rings. The van der Waals surface area contributed by atoms with Gasteiger partial charge in [0.05, 0.1) is 12.7 Å². The topological polar surface area (TPSA) is 89.5 Å². The van der Waals surface area contributed by atoms with Crippen LogP contribution in [0.4, 0.5) is 5.82 Å². The van der Waals surface area contributed by atoms with E-state index in [1.165, 1.54) is 0 Å². The Labute approximate surface area is 142 Å². The lowest BCUT2D eigenvalue weighted by atomic mass is 10.1. The van der Waals surface area contributed by atoms with E-state index < -0.39 is 6.10 Å². The Bertz CT molecular complexity index is 518. The van der Waals surface area contributed by atoms with Gasteiger partial charge in [-0.3, -0.25) is 9.59 Å². The van der Waals surface area contributed by atoms with Crippen molar-refractivity contribution in [3.63, 3.8) is 0 Å². The van der Waals surface area contributed by atoms with Crippen molar-refractivity contribution in [2.75, 3.05) is 25.1 Å².